The zero-order valence-corrected chi connectivity index (χ0v) is 19.1. The van der Waals surface area contributed by atoms with Crippen LogP contribution in [-0.2, 0) is 17.8 Å². The lowest BCUT2D eigenvalue weighted by atomic mass is 10.0. The Balaban J connectivity index is 1.50. The first-order chi connectivity index (χ1) is 17.0. The molecule has 0 radical (unpaired) electrons. The predicted molar refractivity (Wildman–Crippen MR) is 133 cm³/mol. The van der Waals surface area contributed by atoms with Crippen LogP contribution < -0.4 is 4.74 Å². The largest absolute Gasteiger partial charge is 0.497 e. The lowest BCUT2D eigenvalue weighted by molar-refractivity contribution is -0.384. The molecule has 1 aliphatic rings. The topological polar surface area (TPSA) is 91.6 Å². The lowest BCUT2D eigenvalue weighted by Gasteiger charge is -2.12. The summed E-state index contributed by atoms with van der Waals surface area (Å²) in [5.41, 5.74) is 5.51. The number of nitro benzene ring substituents is 1. The van der Waals surface area contributed by atoms with Crippen molar-refractivity contribution in [2.45, 2.75) is 19.4 Å². The number of allylic oxidation sites excluding steroid dienone is 1. The first kappa shape index (κ1) is 22.3. The Morgan fingerprint density at radius 2 is 1.86 bits per heavy atom. The number of carbonyl (C=O) groups is 1. The second-order valence-electron chi connectivity index (χ2n) is 8.28. The minimum absolute atomic E-state index is 0.0397. The molecule has 4 aromatic rings. The van der Waals surface area contributed by atoms with Gasteiger partial charge >= 0.3 is 5.97 Å². The van der Waals surface area contributed by atoms with Crippen LogP contribution in [0.25, 0.3) is 22.6 Å². The first-order valence-electron chi connectivity index (χ1n) is 11.2. The highest BCUT2D eigenvalue weighted by Gasteiger charge is 2.27. The average Bonchev–Trinajstić information content (AvgIpc) is 3.28. The number of carbonyl (C=O) groups excluding carboxylic acids is 1. The lowest BCUT2D eigenvalue weighted by Crippen LogP contribution is -2.10. The van der Waals surface area contributed by atoms with Crippen LogP contribution in [-0.4, -0.2) is 23.0 Å². The van der Waals surface area contributed by atoms with E-state index in [2.05, 4.69) is 6.08 Å². The zero-order valence-electron chi connectivity index (χ0n) is 19.1. The summed E-state index contributed by atoms with van der Waals surface area (Å²) in [5, 5.41) is 11.8. The number of methoxy groups -OCH3 is 1. The van der Waals surface area contributed by atoms with Crippen molar-refractivity contribution in [2.24, 2.45) is 0 Å². The molecule has 0 unspecified atom stereocenters. The standard InChI is InChI=1S/C28H22N2O5/c1-34-22-12-9-18(10-13-22)15-20-11-14-24-26(23-7-2-3-8-25(23)29-27(20)24)28(31)35-17-19-5-4-6-21(16-19)30(32)33/h2-10,12-13,15-16H,11,14,17H2,1H3/b20-15-. The summed E-state index contributed by atoms with van der Waals surface area (Å²) in [4.78, 5) is 28.8. The first-order valence-corrected chi connectivity index (χ1v) is 11.2. The van der Waals surface area contributed by atoms with E-state index in [9.17, 15) is 14.9 Å². The summed E-state index contributed by atoms with van der Waals surface area (Å²) in [6, 6.07) is 21.4. The van der Waals surface area contributed by atoms with Gasteiger partial charge in [-0.25, -0.2) is 9.78 Å². The van der Waals surface area contributed by atoms with E-state index in [1.165, 1.54) is 12.1 Å². The molecule has 7 nitrogen and oxygen atoms in total. The SMILES string of the molecule is COc1ccc(/C=C2/CCc3c2nc2ccccc2c3C(=O)OCc2cccc([N+](=O)[O-])c2)cc1. The van der Waals surface area contributed by atoms with Gasteiger partial charge in [-0.3, -0.25) is 10.1 Å². The number of aromatic nitrogens is 1. The predicted octanol–water partition coefficient (Wildman–Crippen LogP) is 6.00. The molecule has 5 rings (SSSR count). The average molecular weight is 466 g/mol. The maximum absolute atomic E-state index is 13.3. The van der Waals surface area contributed by atoms with Crippen LogP contribution in [0, 0.1) is 10.1 Å². The Morgan fingerprint density at radius 1 is 1.06 bits per heavy atom. The van der Waals surface area contributed by atoms with Crippen molar-refractivity contribution in [1.82, 2.24) is 4.98 Å². The fraction of sp³-hybridized carbons (Fsp3) is 0.143. The van der Waals surface area contributed by atoms with E-state index < -0.39 is 10.9 Å². The summed E-state index contributed by atoms with van der Waals surface area (Å²) in [6.45, 7) is -0.0551. The van der Waals surface area contributed by atoms with Crippen molar-refractivity contribution in [3.63, 3.8) is 0 Å². The van der Waals surface area contributed by atoms with E-state index in [-0.39, 0.29) is 12.3 Å². The van der Waals surface area contributed by atoms with Gasteiger partial charge in [0.05, 0.1) is 28.8 Å². The van der Waals surface area contributed by atoms with Crippen LogP contribution in [0.15, 0.2) is 72.8 Å². The summed E-state index contributed by atoms with van der Waals surface area (Å²) in [5.74, 6) is 0.328. The number of nitro groups is 1. The minimum atomic E-state index is -0.467. The number of para-hydroxylation sites is 1. The molecule has 35 heavy (non-hydrogen) atoms. The molecule has 1 aromatic heterocycles. The van der Waals surface area contributed by atoms with Crippen LogP contribution in [0.3, 0.4) is 0 Å². The summed E-state index contributed by atoms with van der Waals surface area (Å²) in [7, 11) is 1.63. The van der Waals surface area contributed by atoms with Crippen molar-refractivity contribution in [3.8, 4) is 5.75 Å². The molecule has 0 saturated heterocycles. The maximum atomic E-state index is 13.3. The van der Waals surface area contributed by atoms with Gasteiger partial charge < -0.3 is 9.47 Å². The third kappa shape index (κ3) is 4.48. The van der Waals surface area contributed by atoms with E-state index in [1.807, 2.05) is 48.5 Å². The highest BCUT2D eigenvalue weighted by molar-refractivity contribution is 6.07. The van der Waals surface area contributed by atoms with Gasteiger partial charge in [-0.1, -0.05) is 42.5 Å². The molecule has 0 spiro atoms. The number of hydrogen-bond donors (Lipinski definition) is 0. The molecule has 0 saturated carbocycles. The number of non-ortho nitro benzene ring substituents is 1. The third-order valence-electron chi connectivity index (χ3n) is 6.09. The summed E-state index contributed by atoms with van der Waals surface area (Å²) >= 11 is 0. The van der Waals surface area contributed by atoms with Crippen LogP contribution in [0.2, 0.25) is 0 Å². The van der Waals surface area contributed by atoms with Crippen LogP contribution >= 0.6 is 0 Å². The van der Waals surface area contributed by atoms with Crippen molar-refractivity contribution >= 4 is 34.2 Å². The van der Waals surface area contributed by atoms with Gasteiger partial charge in [0.1, 0.15) is 12.4 Å². The minimum Gasteiger partial charge on any atom is -0.497 e. The third-order valence-corrected chi connectivity index (χ3v) is 6.09. The van der Waals surface area contributed by atoms with Gasteiger partial charge in [0.2, 0.25) is 0 Å². The highest BCUT2D eigenvalue weighted by Crippen LogP contribution is 2.38. The van der Waals surface area contributed by atoms with E-state index in [4.69, 9.17) is 14.5 Å². The Hall–Kier alpha value is -4.52. The van der Waals surface area contributed by atoms with E-state index in [0.717, 1.165) is 45.5 Å². The fourth-order valence-electron chi connectivity index (χ4n) is 4.39. The molecule has 3 aromatic carbocycles. The molecule has 0 atom stereocenters. The summed E-state index contributed by atoms with van der Waals surface area (Å²) < 4.78 is 10.9. The van der Waals surface area contributed by atoms with Gasteiger partial charge in [0.25, 0.3) is 5.69 Å². The van der Waals surface area contributed by atoms with Gasteiger partial charge in [0.15, 0.2) is 0 Å². The van der Waals surface area contributed by atoms with Gasteiger partial charge in [-0.05, 0) is 59.4 Å². The molecule has 174 valence electrons. The van der Waals surface area contributed by atoms with Crippen LogP contribution in [0.1, 0.15) is 39.2 Å². The number of ether oxygens (including phenoxy) is 2. The molecule has 1 heterocycles. The van der Waals surface area contributed by atoms with E-state index in [0.29, 0.717) is 17.5 Å². The van der Waals surface area contributed by atoms with Crippen molar-refractivity contribution in [1.29, 1.82) is 0 Å². The quantitative estimate of drug-likeness (QED) is 0.197. The molecule has 0 N–H and O–H groups in total. The van der Waals surface area contributed by atoms with Gasteiger partial charge in [-0.2, -0.15) is 0 Å². The number of benzene rings is 3. The molecule has 0 amide bonds. The molecule has 0 bridgehead atoms. The molecular weight excluding hydrogens is 444 g/mol. The molecule has 1 aliphatic carbocycles. The monoisotopic (exact) mass is 466 g/mol. The smallest absolute Gasteiger partial charge is 0.339 e. The Morgan fingerprint density at radius 3 is 2.63 bits per heavy atom. The summed E-state index contributed by atoms with van der Waals surface area (Å²) in [6.07, 6.45) is 3.53. The number of pyridine rings is 1. The maximum Gasteiger partial charge on any atom is 0.339 e. The number of rotatable bonds is 6. The van der Waals surface area contributed by atoms with E-state index in [1.54, 1.807) is 19.2 Å². The second kappa shape index (κ2) is 9.38. The molecule has 0 fully saturated rings. The Kier molecular flexibility index (Phi) is 5.97. The van der Waals surface area contributed by atoms with Crippen molar-refractivity contribution in [3.05, 3.63) is 111 Å². The van der Waals surface area contributed by atoms with Gasteiger partial charge in [-0.15, -0.1) is 0 Å². The Bertz CT molecular complexity index is 1470. The molecule has 0 aliphatic heterocycles. The van der Waals surface area contributed by atoms with E-state index >= 15 is 0 Å². The Labute approximate surface area is 201 Å². The van der Waals surface area contributed by atoms with Crippen LogP contribution in [0.5, 0.6) is 5.75 Å². The number of hydrogen-bond acceptors (Lipinski definition) is 6. The molecule has 7 heteroatoms. The van der Waals surface area contributed by atoms with Gasteiger partial charge in [0, 0.05) is 17.5 Å². The second-order valence-corrected chi connectivity index (χ2v) is 8.28. The van der Waals surface area contributed by atoms with Crippen molar-refractivity contribution in [2.75, 3.05) is 7.11 Å². The molecular formula is C28H22N2O5. The van der Waals surface area contributed by atoms with Crippen LogP contribution in [0.4, 0.5) is 5.69 Å². The normalized spacial score (nSPS) is 13.6. The fourth-order valence-corrected chi connectivity index (χ4v) is 4.39. The number of nitrogens with zero attached hydrogens (tertiary/aromatic N) is 2. The number of esters is 1. The zero-order chi connectivity index (χ0) is 24.4. The van der Waals surface area contributed by atoms with Crippen molar-refractivity contribution < 1.29 is 19.2 Å². The number of fused-ring (bicyclic) bond motifs is 2. The highest BCUT2D eigenvalue weighted by atomic mass is 16.6.